The van der Waals surface area contributed by atoms with Gasteiger partial charge in [-0.15, -0.1) is 0 Å². The molecule has 0 heterocycles. The van der Waals surface area contributed by atoms with Gasteiger partial charge in [-0.2, -0.15) is 0 Å². The molecule has 3 nitrogen and oxygen atoms in total. The fourth-order valence-electron chi connectivity index (χ4n) is 1.66. The first-order chi connectivity index (χ1) is 5.12. The lowest BCUT2D eigenvalue weighted by Gasteiger charge is -2.32. The molecule has 2 N–H and O–H groups in total. The summed E-state index contributed by atoms with van der Waals surface area (Å²) in [7, 11) is 0. The van der Waals surface area contributed by atoms with Crippen molar-refractivity contribution in [3.8, 4) is 0 Å². The summed E-state index contributed by atoms with van der Waals surface area (Å²) in [5.74, 6) is 0. The van der Waals surface area contributed by atoms with Crippen LogP contribution in [0.2, 0.25) is 0 Å². The van der Waals surface area contributed by atoms with Crippen LogP contribution in [0.15, 0.2) is 0 Å². The van der Waals surface area contributed by atoms with Crippen LogP contribution in [-0.2, 0) is 0 Å². The summed E-state index contributed by atoms with van der Waals surface area (Å²) in [6, 6.07) is 0. The number of rotatable bonds is 2. The summed E-state index contributed by atoms with van der Waals surface area (Å²) in [5.41, 5.74) is -0.198. The molecule has 12 heavy (non-hydrogen) atoms. The molecule has 72 valence electrons. The zero-order valence-corrected chi connectivity index (χ0v) is 8.56. The predicted octanol–water partition coefficient (Wildman–Crippen LogP) is 2.47. The minimum absolute atomic E-state index is 0.145. The average Bonchev–Trinajstić information content (AvgIpc) is 1.48. The number of carboxylic acid groups (broad SMARTS) is 1. The molecule has 0 aromatic carbocycles. The normalized spacial score (nSPS) is 12.8. The SMILES string of the molecule is CC(C)(C)CC(C)(C)NC(=O)O. The van der Waals surface area contributed by atoms with Gasteiger partial charge in [0.15, 0.2) is 0 Å². The number of carbonyl (C=O) groups is 1. The molecule has 0 aliphatic carbocycles. The largest absolute Gasteiger partial charge is 0.465 e. The van der Waals surface area contributed by atoms with Crippen molar-refractivity contribution >= 4 is 6.09 Å². The zero-order valence-electron chi connectivity index (χ0n) is 8.56. The third-order valence-electron chi connectivity index (χ3n) is 1.42. The molecule has 0 rings (SSSR count). The van der Waals surface area contributed by atoms with Crippen LogP contribution in [0.25, 0.3) is 0 Å². The van der Waals surface area contributed by atoms with Crippen LogP contribution in [0, 0.1) is 5.41 Å². The lowest BCUT2D eigenvalue weighted by Crippen LogP contribution is -2.45. The molecule has 0 aliphatic heterocycles. The Kier molecular flexibility index (Phi) is 3.13. The molecule has 0 aliphatic rings. The van der Waals surface area contributed by atoms with Gasteiger partial charge < -0.3 is 10.4 Å². The highest BCUT2D eigenvalue weighted by atomic mass is 16.4. The van der Waals surface area contributed by atoms with Gasteiger partial charge in [-0.3, -0.25) is 0 Å². The van der Waals surface area contributed by atoms with Crippen LogP contribution in [0.5, 0.6) is 0 Å². The quantitative estimate of drug-likeness (QED) is 0.674. The Morgan fingerprint density at radius 1 is 1.25 bits per heavy atom. The monoisotopic (exact) mass is 173 g/mol. The van der Waals surface area contributed by atoms with Crippen molar-refractivity contribution in [1.29, 1.82) is 0 Å². The van der Waals surface area contributed by atoms with E-state index in [2.05, 4.69) is 26.1 Å². The van der Waals surface area contributed by atoms with Crippen molar-refractivity contribution in [1.82, 2.24) is 5.32 Å². The molecule has 0 saturated heterocycles. The Bertz CT molecular complexity index is 168. The molecule has 3 heteroatoms. The van der Waals surface area contributed by atoms with Crippen molar-refractivity contribution in [2.24, 2.45) is 5.41 Å². The highest BCUT2D eigenvalue weighted by molar-refractivity contribution is 5.65. The van der Waals surface area contributed by atoms with Crippen molar-refractivity contribution in [2.75, 3.05) is 0 Å². The Hall–Kier alpha value is -0.730. The van der Waals surface area contributed by atoms with Crippen molar-refractivity contribution in [3.63, 3.8) is 0 Å². The van der Waals surface area contributed by atoms with Gasteiger partial charge in [0.2, 0.25) is 0 Å². The molecule has 1 amide bonds. The number of nitrogens with one attached hydrogen (secondary N) is 1. The van der Waals surface area contributed by atoms with E-state index < -0.39 is 6.09 Å². The van der Waals surface area contributed by atoms with Gasteiger partial charge >= 0.3 is 6.09 Å². The summed E-state index contributed by atoms with van der Waals surface area (Å²) in [4.78, 5) is 10.4. The summed E-state index contributed by atoms with van der Waals surface area (Å²) < 4.78 is 0. The fraction of sp³-hybridized carbons (Fsp3) is 0.889. The Balaban J connectivity index is 4.13. The van der Waals surface area contributed by atoms with E-state index in [1.807, 2.05) is 13.8 Å². The first kappa shape index (κ1) is 11.3. The number of hydrogen-bond donors (Lipinski definition) is 2. The van der Waals surface area contributed by atoms with Crippen LogP contribution < -0.4 is 5.32 Å². The molecule has 0 spiro atoms. The van der Waals surface area contributed by atoms with Gasteiger partial charge in [-0.1, -0.05) is 20.8 Å². The lowest BCUT2D eigenvalue weighted by atomic mass is 9.82. The fourth-order valence-corrected chi connectivity index (χ4v) is 1.66. The van der Waals surface area contributed by atoms with Crippen molar-refractivity contribution < 1.29 is 9.90 Å². The molecule has 0 bridgehead atoms. The molecule has 0 aromatic rings. The second-order valence-corrected chi connectivity index (χ2v) is 5.05. The van der Waals surface area contributed by atoms with Crippen LogP contribution in [-0.4, -0.2) is 16.7 Å². The number of hydrogen-bond acceptors (Lipinski definition) is 1. The van der Waals surface area contributed by atoms with E-state index in [-0.39, 0.29) is 11.0 Å². The minimum atomic E-state index is -0.954. The van der Waals surface area contributed by atoms with E-state index in [1.54, 1.807) is 0 Å². The second kappa shape index (κ2) is 3.33. The first-order valence-electron chi connectivity index (χ1n) is 4.13. The maximum atomic E-state index is 10.4. The summed E-state index contributed by atoms with van der Waals surface area (Å²) in [5, 5.41) is 11.0. The maximum Gasteiger partial charge on any atom is 0.405 e. The first-order valence-corrected chi connectivity index (χ1v) is 4.13. The zero-order chi connectivity index (χ0) is 9.99. The van der Waals surface area contributed by atoms with E-state index in [4.69, 9.17) is 5.11 Å². The van der Waals surface area contributed by atoms with Gasteiger partial charge in [-0.25, -0.2) is 4.79 Å². The van der Waals surface area contributed by atoms with Gasteiger partial charge in [-0.05, 0) is 25.7 Å². The van der Waals surface area contributed by atoms with Gasteiger partial charge in [0.25, 0.3) is 0 Å². The van der Waals surface area contributed by atoms with Crippen LogP contribution in [0.1, 0.15) is 41.0 Å². The molecule has 0 atom stereocenters. The molecule has 0 aromatic heterocycles. The average molecular weight is 173 g/mol. The van der Waals surface area contributed by atoms with Crippen LogP contribution in [0.4, 0.5) is 4.79 Å². The Morgan fingerprint density at radius 3 is 1.92 bits per heavy atom. The smallest absolute Gasteiger partial charge is 0.405 e. The van der Waals surface area contributed by atoms with E-state index >= 15 is 0 Å². The van der Waals surface area contributed by atoms with Gasteiger partial charge in [0, 0.05) is 5.54 Å². The molecule has 0 fully saturated rings. The lowest BCUT2D eigenvalue weighted by molar-refractivity contribution is 0.170. The van der Waals surface area contributed by atoms with Crippen LogP contribution in [0.3, 0.4) is 0 Å². The van der Waals surface area contributed by atoms with Gasteiger partial charge in [0.05, 0.1) is 0 Å². The maximum absolute atomic E-state index is 10.4. The van der Waals surface area contributed by atoms with Crippen LogP contribution >= 0.6 is 0 Å². The Labute approximate surface area is 74.2 Å². The predicted molar refractivity (Wildman–Crippen MR) is 49.3 cm³/mol. The molecule has 0 unspecified atom stereocenters. The standard InChI is InChI=1S/C9H19NO2/c1-8(2,3)6-9(4,5)10-7(11)12/h10H,6H2,1-5H3,(H,11,12). The Morgan fingerprint density at radius 2 is 1.67 bits per heavy atom. The molecule has 0 saturated carbocycles. The molecular weight excluding hydrogens is 154 g/mol. The minimum Gasteiger partial charge on any atom is -0.465 e. The molecule has 0 radical (unpaired) electrons. The van der Waals surface area contributed by atoms with Crippen molar-refractivity contribution in [3.05, 3.63) is 0 Å². The third kappa shape index (κ3) is 6.01. The van der Waals surface area contributed by atoms with Gasteiger partial charge in [0.1, 0.15) is 0 Å². The van der Waals surface area contributed by atoms with Crippen molar-refractivity contribution in [2.45, 2.75) is 46.6 Å². The summed E-state index contributed by atoms with van der Waals surface area (Å²) in [6.07, 6.45) is -0.129. The van der Waals surface area contributed by atoms with E-state index in [1.165, 1.54) is 0 Å². The highest BCUT2D eigenvalue weighted by Crippen LogP contribution is 2.26. The van der Waals surface area contributed by atoms with E-state index in [0.29, 0.717) is 0 Å². The summed E-state index contributed by atoms with van der Waals surface area (Å²) >= 11 is 0. The van der Waals surface area contributed by atoms with E-state index in [0.717, 1.165) is 6.42 Å². The van der Waals surface area contributed by atoms with E-state index in [9.17, 15) is 4.79 Å². The molecular formula is C9H19NO2. The number of amides is 1. The summed E-state index contributed by atoms with van der Waals surface area (Å²) in [6.45, 7) is 10.1. The highest BCUT2D eigenvalue weighted by Gasteiger charge is 2.26. The second-order valence-electron chi connectivity index (χ2n) is 5.05. The topological polar surface area (TPSA) is 49.3 Å². The third-order valence-corrected chi connectivity index (χ3v) is 1.42.